The normalized spacial score (nSPS) is 11.4. The molecule has 3 rings (SSSR count). The van der Waals surface area contributed by atoms with Gasteiger partial charge in [-0.2, -0.15) is 5.10 Å². The van der Waals surface area contributed by atoms with Crippen molar-refractivity contribution in [2.24, 2.45) is 14.1 Å². The van der Waals surface area contributed by atoms with Gasteiger partial charge in [0.25, 0.3) is 5.56 Å². The fourth-order valence-corrected chi connectivity index (χ4v) is 2.19. The maximum absolute atomic E-state index is 12.0. The summed E-state index contributed by atoms with van der Waals surface area (Å²) in [5.41, 5.74) is 1.29. The van der Waals surface area contributed by atoms with Crippen molar-refractivity contribution in [2.75, 3.05) is 0 Å². The predicted octanol–water partition coefficient (Wildman–Crippen LogP) is 1.13. The summed E-state index contributed by atoms with van der Waals surface area (Å²) >= 11 is 0. The molecule has 0 saturated carbocycles. The summed E-state index contributed by atoms with van der Waals surface area (Å²) in [5.74, 6) is 0.188. The standard InChI is InChI=1S/C12H11N3O2/c1-14-10-5-7(16)3-4-8(10)9-6-13-15(2)12(17)11(9)14/h3-6,16H,1-2H3. The van der Waals surface area contributed by atoms with Crippen molar-refractivity contribution < 1.29 is 5.11 Å². The van der Waals surface area contributed by atoms with Crippen molar-refractivity contribution >= 4 is 21.8 Å². The first-order valence-electron chi connectivity index (χ1n) is 5.23. The molecule has 5 heteroatoms. The van der Waals surface area contributed by atoms with Gasteiger partial charge in [0.05, 0.1) is 11.7 Å². The van der Waals surface area contributed by atoms with Crippen LogP contribution in [0.15, 0.2) is 29.2 Å². The maximum Gasteiger partial charge on any atom is 0.291 e. The Morgan fingerprint density at radius 3 is 2.76 bits per heavy atom. The molecular formula is C12H11N3O2. The van der Waals surface area contributed by atoms with Gasteiger partial charge >= 0.3 is 0 Å². The molecule has 1 aromatic carbocycles. The van der Waals surface area contributed by atoms with Gasteiger partial charge in [0.15, 0.2) is 0 Å². The zero-order chi connectivity index (χ0) is 12.2. The lowest BCUT2D eigenvalue weighted by molar-refractivity contribution is 0.476. The minimum atomic E-state index is -0.138. The number of rotatable bonds is 0. The number of benzene rings is 1. The van der Waals surface area contributed by atoms with Gasteiger partial charge in [-0.05, 0) is 12.1 Å². The molecule has 0 spiro atoms. The molecule has 3 aromatic rings. The van der Waals surface area contributed by atoms with E-state index in [1.807, 2.05) is 7.05 Å². The maximum atomic E-state index is 12.0. The molecule has 0 atom stereocenters. The van der Waals surface area contributed by atoms with Gasteiger partial charge < -0.3 is 9.67 Å². The Kier molecular flexibility index (Phi) is 1.80. The van der Waals surface area contributed by atoms with E-state index in [4.69, 9.17) is 0 Å². The average Bonchev–Trinajstić information content (AvgIpc) is 2.58. The van der Waals surface area contributed by atoms with Crippen LogP contribution in [0.1, 0.15) is 0 Å². The number of fused-ring (bicyclic) bond motifs is 3. The van der Waals surface area contributed by atoms with Crippen molar-refractivity contribution in [3.05, 3.63) is 34.7 Å². The molecule has 2 aromatic heterocycles. The number of phenols is 1. The minimum absolute atomic E-state index is 0.138. The number of nitrogens with zero attached hydrogens (tertiary/aromatic N) is 3. The highest BCUT2D eigenvalue weighted by molar-refractivity contribution is 6.07. The summed E-state index contributed by atoms with van der Waals surface area (Å²) in [6.07, 6.45) is 1.68. The fraction of sp³-hybridized carbons (Fsp3) is 0.167. The Morgan fingerprint density at radius 2 is 2.00 bits per heavy atom. The molecule has 0 aliphatic heterocycles. The first kappa shape index (κ1) is 9.89. The van der Waals surface area contributed by atoms with Gasteiger partial charge in [-0.15, -0.1) is 0 Å². The molecule has 0 unspecified atom stereocenters. The average molecular weight is 229 g/mol. The van der Waals surface area contributed by atoms with E-state index in [-0.39, 0.29) is 11.3 Å². The lowest BCUT2D eigenvalue weighted by Gasteiger charge is -1.98. The van der Waals surface area contributed by atoms with E-state index in [1.165, 1.54) is 4.68 Å². The van der Waals surface area contributed by atoms with Crippen LogP contribution < -0.4 is 5.56 Å². The van der Waals surface area contributed by atoms with E-state index in [0.717, 1.165) is 16.3 Å². The quantitative estimate of drug-likeness (QED) is 0.628. The van der Waals surface area contributed by atoms with Gasteiger partial charge in [0.2, 0.25) is 0 Å². The monoisotopic (exact) mass is 229 g/mol. The van der Waals surface area contributed by atoms with Crippen LogP contribution in [0.4, 0.5) is 0 Å². The lowest BCUT2D eigenvalue weighted by atomic mass is 10.2. The van der Waals surface area contributed by atoms with Gasteiger partial charge in [-0.25, -0.2) is 4.68 Å². The smallest absolute Gasteiger partial charge is 0.291 e. The highest BCUT2D eigenvalue weighted by atomic mass is 16.3. The SMILES string of the molecule is Cn1ncc2c3ccc(O)cc3n(C)c2c1=O. The molecule has 0 aliphatic rings. The van der Waals surface area contributed by atoms with Crippen molar-refractivity contribution in [1.82, 2.24) is 14.3 Å². The topological polar surface area (TPSA) is 60.0 Å². The molecule has 0 bridgehead atoms. The molecule has 0 fully saturated rings. The van der Waals surface area contributed by atoms with Crippen LogP contribution in [0.5, 0.6) is 5.75 Å². The molecule has 86 valence electrons. The molecule has 1 N–H and O–H groups in total. The van der Waals surface area contributed by atoms with E-state index in [0.29, 0.717) is 5.52 Å². The summed E-state index contributed by atoms with van der Waals surface area (Å²) < 4.78 is 3.09. The van der Waals surface area contributed by atoms with E-state index >= 15 is 0 Å². The summed E-state index contributed by atoms with van der Waals surface area (Å²) in [7, 11) is 3.43. The predicted molar refractivity (Wildman–Crippen MR) is 65.1 cm³/mol. The van der Waals surface area contributed by atoms with E-state index in [9.17, 15) is 9.90 Å². The Hall–Kier alpha value is -2.30. The van der Waals surface area contributed by atoms with Crippen LogP contribution in [-0.2, 0) is 14.1 Å². The molecule has 0 saturated heterocycles. The second-order valence-electron chi connectivity index (χ2n) is 4.10. The van der Waals surface area contributed by atoms with Crippen molar-refractivity contribution in [3.63, 3.8) is 0 Å². The zero-order valence-corrected chi connectivity index (χ0v) is 9.51. The summed E-state index contributed by atoms with van der Waals surface area (Å²) in [6.45, 7) is 0. The van der Waals surface area contributed by atoms with Crippen LogP contribution in [0.2, 0.25) is 0 Å². The third kappa shape index (κ3) is 1.19. The number of aryl methyl sites for hydroxylation is 2. The summed E-state index contributed by atoms with van der Waals surface area (Å²) in [6, 6.07) is 5.06. The number of hydrogen-bond acceptors (Lipinski definition) is 3. The van der Waals surface area contributed by atoms with E-state index in [2.05, 4.69) is 5.10 Å². The fourth-order valence-electron chi connectivity index (χ4n) is 2.19. The molecule has 0 aliphatic carbocycles. The van der Waals surface area contributed by atoms with E-state index in [1.54, 1.807) is 36.0 Å². The van der Waals surface area contributed by atoms with Crippen LogP contribution >= 0.6 is 0 Å². The second kappa shape index (κ2) is 3.10. The van der Waals surface area contributed by atoms with Crippen molar-refractivity contribution in [1.29, 1.82) is 0 Å². The number of hydrogen-bond donors (Lipinski definition) is 1. The summed E-state index contributed by atoms with van der Waals surface area (Å²) in [4.78, 5) is 12.0. The Morgan fingerprint density at radius 1 is 1.24 bits per heavy atom. The molecule has 5 nitrogen and oxygen atoms in total. The molecule has 0 amide bonds. The second-order valence-corrected chi connectivity index (χ2v) is 4.10. The summed E-state index contributed by atoms with van der Waals surface area (Å²) in [5, 5.41) is 15.2. The molecule has 2 heterocycles. The third-order valence-electron chi connectivity index (χ3n) is 3.08. The highest BCUT2D eigenvalue weighted by Crippen LogP contribution is 2.27. The first-order valence-corrected chi connectivity index (χ1v) is 5.23. The van der Waals surface area contributed by atoms with Crippen LogP contribution in [0, 0.1) is 0 Å². The zero-order valence-electron chi connectivity index (χ0n) is 9.51. The largest absolute Gasteiger partial charge is 0.508 e. The number of phenolic OH excluding ortho intramolecular Hbond substituents is 1. The molecule has 0 radical (unpaired) electrons. The van der Waals surface area contributed by atoms with Crippen LogP contribution in [0.3, 0.4) is 0 Å². The van der Waals surface area contributed by atoms with Crippen molar-refractivity contribution in [3.8, 4) is 5.75 Å². The van der Waals surface area contributed by atoms with Gasteiger partial charge in [-0.1, -0.05) is 0 Å². The van der Waals surface area contributed by atoms with Gasteiger partial charge in [-0.3, -0.25) is 4.79 Å². The third-order valence-corrected chi connectivity index (χ3v) is 3.08. The lowest BCUT2D eigenvalue weighted by Crippen LogP contribution is -2.20. The first-order chi connectivity index (χ1) is 8.09. The van der Waals surface area contributed by atoms with Gasteiger partial charge in [0.1, 0.15) is 11.3 Å². The van der Waals surface area contributed by atoms with Crippen molar-refractivity contribution in [2.45, 2.75) is 0 Å². The number of aromatic hydroxyl groups is 1. The van der Waals surface area contributed by atoms with E-state index < -0.39 is 0 Å². The van der Waals surface area contributed by atoms with Gasteiger partial charge in [0, 0.05) is 30.9 Å². The Bertz CT molecular complexity index is 799. The Balaban J connectivity index is 2.68. The van der Waals surface area contributed by atoms with Crippen LogP contribution in [0.25, 0.3) is 21.8 Å². The Labute approximate surface area is 96.5 Å². The molecule has 17 heavy (non-hydrogen) atoms. The number of aromatic nitrogens is 3. The highest BCUT2D eigenvalue weighted by Gasteiger charge is 2.12. The molecular weight excluding hydrogens is 218 g/mol. The van der Waals surface area contributed by atoms with Crippen LogP contribution in [-0.4, -0.2) is 19.5 Å². The minimum Gasteiger partial charge on any atom is -0.508 e.